The molecule has 0 aromatic carbocycles. The number of hydrogen-bond acceptors (Lipinski definition) is 8. The van der Waals surface area contributed by atoms with E-state index in [2.05, 4.69) is 26.8 Å². The minimum absolute atomic E-state index is 0.0821. The van der Waals surface area contributed by atoms with Gasteiger partial charge >= 0.3 is 5.97 Å². The fourth-order valence-electron chi connectivity index (χ4n) is 4.74. The molecule has 3 N–H and O–H groups in total. The number of carbonyl (C=O) groups is 2. The van der Waals surface area contributed by atoms with Crippen LogP contribution in [0.1, 0.15) is 72.2 Å². The van der Waals surface area contributed by atoms with Gasteiger partial charge in [0.05, 0.1) is 31.0 Å². The number of furan rings is 1. The zero-order valence-corrected chi connectivity index (χ0v) is 21.7. The number of aromatic amines is 2. The Labute approximate surface area is 218 Å². The van der Waals surface area contributed by atoms with Crippen LogP contribution in [0.3, 0.4) is 0 Å². The zero-order chi connectivity index (χ0) is 26.1. The summed E-state index contributed by atoms with van der Waals surface area (Å²) in [7, 11) is 1.55. The summed E-state index contributed by atoms with van der Waals surface area (Å²) in [6, 6.07) is 3.73. The number of anilines is 1. The summed E-state index contributed by atoms with van der Waals surface area (Å²) in [5, 5.41) is 4.57. The van der Waals surface area contributed by atoms with Gasteiger partial charge < -0.3 is 29.2 Å². The molecule has 37 heavy (non-hydrogen) atoms. The van der Waals surface area contributed by atoms with Crippen LogP contribution in [0.5, 0.6) is 0 Å². The van der Waals surface area contributed by atoms with Crippen molar-refractivity contribution in [2.45, 2.75) is 49.3 Å². The Bertz CT molecular complexity index is 1440. The van der Waals surface area contributed by atoms with E-state index >= 15 is 0 Å². The number of Topliss-reactive ketones (excluding diaryl/α,β-unsaturated/α-hetero) is 1. The topological polar surface area (TPSA) is 122 Å². The van der Waals surface area contributed by atoms with E-state index in [1.54, 1.807) is 20.2 Å². The van der Waals surface area contributed by atoms with Crippen molar-refractivity contribution >= 4 is 41.0 Å². The van der Waals surface area contributed by atoms with Gasteiger partial charge in [0, 0.05) is 29.5 Å². The number of nitrogens with zero attached hydrogens (tertiary/aromatic N) is 1. The molecule has 0 radical (unpaired) electrons. The second kappa shape index (κ2) is 10.2. The Hall–Kier alpha value is -3.92. The SMILES string of the molecule is C=C(OC)c1nc(Sc2ccc(C3C4=C(CCCC4=O)Nc4c3c[nH]c4C(=O)OCC)o2)[nH]c1/C=C\C. The van der Waals surface area contributed by atoms with Crippen LogP contribution in [0.4, 0.5) is 5.69 Å². The molecule has 0 fully saturated rings. The van der Waals surface area contributed by atoms with Crippen molar-refractivity contribution in [1.82, 2.24) is 15.0 Å². The van der Waals surface area contributed by atoms with Crippen molar-refractivity contribution in [1.29, 1.82) is 0 Å². The van der Waals surface area contributed by atoms with E-state index in [-0.39, 0.29) is 12.4 Å². The van der Waals surface area contributed by atoms with Gasteiger partial charge in [0.25, 0.3) is 0 Å². The molecule has 3 aromatic rings. The molecule has 1 atom stereocenters. The highest BCUT2D eigenvalue weighted by atomic mass is 32.2. The van der Waals surface area contributed by atoms with Crippen LogP contribution >= 0.6 is 11.8 Å². The molecular formula is C27H28N4O5S. The van der Waals surface area contributed by atoms with E-state index in [0.29, 0.717) is 50.8 Å². The van der Waals surface area contributed by atoms with Gasteiger partial charge in [-0.1, -0.05) is 12.7 Å². The molecule has 3 aromatic heterocycles. The molecule has 9 nitrogen and oxygen atoms in total. The molecule has 1 aliphatic carbocycles. The largest absolute Gasteiger partial charge is 0.495 e. The van der Waals surface area contributed by atoms with Gasteiger partial charge in [-0.3, -0.25) is 4.79 Å². The summed E-state index contributed by atoms with van der Waals surface area (Å²) in [5.41, 5.74) is 4.67. The number of nitrogens with one attached hydrogen (secondary N) is 3. The summed E-state index contributed by atoms with van der Waals surface area (Å²) in [4.78, 5) is 36.6. The van der Waals surface area contributed by atoms with Gasteiger partial charge in [-0.05, 0) is 56.7 Å². The zero-order valence-electron chi connectivity index (χ0n) is 20.9. The molecule has 1 unspecified atom stereocenters. The minimum Gasteiger partial charge on any atom is -0.495 e. The van der Waals surface area contributed by atoms with Crippen molar-refractivity contribution in [3.63, 3.8) is 0 Å². The summed E-state index contributed by atoms with van der Waals surface area (Å²) < 4.78 is 16.8. The summed E-state index contributed by atoms with van der Waals surface area (Å²) in [5.74, 6) is 0.272. The van der Waals surface area contributed by atoms with E-state index in [9.17, 15) is 9.59 Å². The van der Waals surface area contributed by atoms with Crippen molar-refractivity contribution in [2.24, 2.45) is 0 Å². The Balaban J connectivity index is 1.51. The van der Waals surface area contributed by atoms with E-state index in [4.69, 9.17) is 13.9 Å². The summed E-state index contributed by atoms with van der Waals surface area (Å²) >= 11 is 1.33. The standard InChI is InChI=1S/C27H28N4O5S/c1-5-8-17-23(14(3)34-4)31-27(30-17)37-20-12-11-19(36-20)21-15-13-28-25(26(33)35-6-2)24(15)29-16-9-7-10-18(32)22(16)21/h5,8,11-13,21,28-29H,3,6-7,9-10H2,1-2,4H3,(H,30,31)/b8-5-. The van der Waals surface area contributed by atoms with Gasteiger partial charge in [0.15, 0.2) is 16.0 Å². The molecule has 2 aliphatic rings. The monoisotopic (exact) mass is 520 g/mol. The first kappa shape index (κ1) is 24.8. The van der Waals surface area contributed by atoms with Crippen LogP contribution in [0, 0.1) is 0 Å². The second-order valence-electron chi connectivity index (χ2n) is 8.63. The third kappa shape index (κ3) is 4.53. The van der Waals surface area contributed by atoms with Crippen LogP contribution in [0.2, 0.25) is 0 Å². The van der Waals surface area contributed by atoms with Gasteiger partial charge in [-0.2, -0.15) is 0 Å². The number of aromatic nitrogens is 3. The Kier molecular flexibility index (Phi) is 6.84. The molecule has 1 aliphatic heterocycles. The Morgan fingerprint density at radius 2 is 2.19 bits per heavy atom. The van der Waals surface area contributed by atoms with E-state index in [1.807, 2.05) is 31.2 Å². The van der Waals surface area contributed by atoms with Crippen LogP contribution in [-0.4, -0.2) is 40.4 Å². The lowest BCUT2D eigenvalue weighted by Crippen LogP contribution is -2.26. The number of allylic oxidation sites excluding steroid dienone is 3. The number of fused-ring (bicyclic) bond motifs is 1. The summed E-state index contributed by atoms with van der Waals surface area (Å²) in [6.45, 7) is 7.87. The molecule has 0 bridgehead atoms. The fourth-order valence-corrected chi connectivity index (χ4v) is 5.51. The molecule has 5 rings (SSSR count). The number of ketones is 1. The lowest BCUT2D eigenvalue weighted by molar-refractivity contribution is -0.116. The van der Waals surface area contributed by atoms with Crippen molar-refractivity contribution in [3.05, 3.63) is 70.7 Å². The number of esters is 1. The normalized spacial score (nSPS) is 16.9. The molecule has 0 spiro atoms. The lowest BCUT2D eigenvalue weighted by Gasteiger charge is -2.31. The third-order valence-corrected chi connectivity index (χ3v) is 7.17. The first-order chi connectivity index (χ1) is 17.9. The molecule has 0 saturated heterocycles. The van der Waals surface area contributed by atoms with E-state index in [1.165, 1.54) is 11.8 Å². The molecule has 0 saturated carbocycles. The highest BCUT2D eigenvalue weighted by molar-refractivity contribution is 7.99. The van der Waals surface area contributed by atoms with E-state index in [0.717, 1.165) is 29.8 Å². The summed E-state index contributed by atoms with van der Waals surface area (Å²) in [6.07, 6.45) is 7.51. The highest BCUT2D eigenvalue weighted by Crippen LogP contribution is 2.47. The first-order valence-electron chi connectivity index (χ1n) is 12.1. The number of methoxy groups -OCH3 is 1. The van der Waals surface area contributed by atoms with Crippen molar-refractivity contribution in [2.75, 3.05) is 19.0 Å². The smallest absolute Gasteiger partial charge is 0.356 e. The molecule has 192 valence electrons. The number of imidazole rings is 1. The molecular weight excluding hydrogens is 492 g/mol. The van der Waals surface area contributed by atoms with Crippen LogP contribution < -0.4 is 5.32 Å². The second-order valence-corrected chi connectivity index (χ2v) is 9.63. The number of ether oxygens (including phenoxy) is 2. The average Bonchev–Trinajstić information content (AvgIpc) is 3.62. The average molecular weight is 521 g/mol. The maximum absolute atomic E-state index is 13.1. The Morgan fingerprint density at radius 3 is 2.95 bits per heavy atom. The maximum Gasteiger partial charge on any atom is 0.356 e. The van der Waals surface area contributed by atoms with Gasteiger partial charge in [-0.15, -0.1) is 0 Å². The minimum atomic E-state index is -0.444. The number of rotatable bonds is 8. The molecule has 4 heterocycles. The fraction of sp³-hybridized carbons (Fsp3) is 0.296. The van der Waals surface area contributed by atoms with E-state index < -0.39 is 11.9 Å². The third-order valence-electron chi connectivity index (χ3n) is 6.36. The number of hydrogen-bond donors (Lipinski definition) is 3. The Morgan fingerprint density at radius 1 is 1.35 bits per heavy atom. The van der Waals surface area contributed by atoms with Crippen LogP contribution in [-0.2, 0) is 14.3 Å². The van der Waals surface area contributed by atoms with Gasteiger partial charge in [-0.25, -0.2) is 9.78 Å². The van der Waals surface area contributed by atoms with Crippen molar-refractivity contribution in [3.8, 4) is 0 Å². The quantitative estimate of drug-likeness (QED) is 0.249. The molecule has 0 amide bonds. The predicted molar refractivity (Wildman–Crippen MR) is 140 cm³/mol. The maximum atomic E-state index is 13.1. The van der Waals surface area contributed by atoms with Crippen LogP contribution in [0.25, 0.3) is 11.8 Å². The molecule has 10 heteroatoms. The number of H-pyrrole nitrogens is 2. The first-order valence-corrected chi connectivity index (χ1v) is 12.9. The highest BCUT2D eigenvalue weighted by Gasteiger charge is 2.39. The van der Waals surface area contributed by atoms with Crippen molar-refractivity contribution < 1.29 is 23.5 Å². The number of carbonyl (C=O) groups excluding carboxylic acids is 2. The lowest BCUT2D eigenvalue weighted by atomic mass is 9.78. The van der Waals surface area contributed by atoms with Gasteiger partial charge in [0.2, 0.25) is 0 Å². The predicted octanol–water partition coefficient (Wildman–Crippen LogP) is 5.87. The van der Waals surface area contributed by atoms with Crippen LogP contribution in [0.15, 0.2) is 56.9 Å². The van der Waals surface area contributed by atoms with Gasteiger partial charge in [0.1, 0.15) is 22.9 Å².